The number of aliphatic carboxylic acids is 2. The van der Waals surface area contributed by atoms with Gasteiger partial charge in [0.05, 0.1) is 160 Å². The molecule has 0 aliphatic carbocycles. The molecule has 0 bridgehead atoms. The molecule has 25 heteroatoms. The Bertz CT molecular complexity index is 838. The van der Waals surface area contributed by atoms with E-state index in [1.54, 1.807) is 0 Å². The van der Waals surface area contributed by atoms with Crippen molar-refractivity contribution >= 4 is 206 Å². The van der Waals surface area contributed by atoms with Crippen molar-refractivity contribution in [2.24, 2.45) is 0 Å². The standard InChI is InChI=1S/C4H2I4N4O2.C4H3I3N4O2.2C2H4O2.H2I.H3P/c5-9-1-2(11(7)3(9)13)12(8)4(14)10(1)6;5-9-1-2(11(7)4(9)13)10(6)3(12)8-1;2*1-2(3)4;;/h1-2H;1-2H,(H,8,12);2*1H3,(H,3,4);1H2;1H3/q;;;;+1;/p-1. The fourth-order valence-electron chi connectivity index (χ4n) is 2.50. The van der Waals surface area contributed by atoms with Gasteiger partial charge in [0.1, 0.15) is 0 Å². The van der Waals surface area contributed by atoms with Crippen LogP contribution in [0.2, 0.25) is 0 Å². The Kier molecular flexibility index (Phi) is 20.2. The summed E-state index contributed by atoms with van der Waals surface area (Å²) in [5.74, 6) is -1.92. The number of urea groups is 4. The Balaban J connectivity index is 0. The van der Waals surface area contributed by atoms with Crippen molar-refractivity contribution in [2.75, 3.05) is 0 Å². The third-order valence-corrected chi connectivity index (χ3v) is 10.7. The molecule has 0 spiro atoms. The molecule has 0 aromatic rings. The quantitative estimate of drug-likeness (QED) is 0.182. The van der Waals surface area contributed by atoms with Crippen LogP contribution in [0.4, 0.5) is 19.2 Å². The second-order valence-electron chi connectivity index (χ2n) is 6.17. The maximum atomic E-state index is 11.6. The largest absolute Gasteiger partial charge is 0.550 e. The first-order chi connectivity index (χ1) is 16.0. The zero-order valence-electron chi connectivity index (χ0n) is 18.0. The second kappa shape index (κ2) is 18.1. The molecule has 8 amide bonds. The molecular formula is C12H17I8N8O8P. The highest BCUT2D eigenvalue weighted by atomic mass is 127. The molecule has 4 fully saturated rings. The van der Waals surface area contributed by atoms with Crippen LogP contribution < -0.4 is 34.4 Å². The molecule has 4 saturated heterocycles. The average Bonchev–Trinajstić information content (AvgIpc) is 3.33. The van der Waals surface area contributed by atoms with E-state index in [0.29, 0.717) is 0 Å². The van der Waals surface area contributed by atoms with Gasteiger partial charge in [-0.15, -0.1) is 0 Å². The minimum Gasteiger partial charge on any atom is -0.550 e. The van der Waals surface area contributed by atoms with Gasteiger partial charge < -0.3 is 20.3 Å². The minimum atomic E-state index is -1.08. The summed E-state index contributed by atoms with van der Waals surface area (Å²) in [5.41, 5.74) is 0. The van der Waals surface area contributed by atoms with Crippen molar-refractivity contribution in [3.8, 4) is 0 Å². The maximum absolute atomic E-state index is 11.6. The first-order valence-corrected chi connectivity index (χ1v) is 15.2. The van der Waals surface area contributed by atoms with Gasteiger partial charge in [-0.3, -0.25) is 4.79 Å². The summed E-state index contributed by atoms with van der Waals surface area (Å²) >= 11 is 13.5. The van der Waals surface area contributed by atoms with E-state index in [1.165, 1.54) is 21.8 Å². The third-order valence-electron chi connectivity index (χ3n) is 3.75. The van der Waals surface area contributed by atoms with Gasteiger partial charge in [0.15, 0.2) is 24.7 Å². The van der Waals surface area contributed by atoms with Gasteiger partial charge in [-0.1, -0.05) is 0 Å². The predicted octanol–water partition coefficient (Wildman–Crippen LogP) is -0.661. The Morgan fingerprint density at radius 1 is 0.703 bits per heavy atom. The van der Waals surface area contributed by atoms with Crippen LogP contribution in [0.1, 0.15) is 13.8 Å². The smallest absolute Gasteiger partial charge is 0.341 e. The SMILES string of the molecule is CC(=O)O.CC(=O)[O-].O=C1N(I)C2C(N1I)N(I)C(=O)N2I.O=C1NC2C(N1I)N(I)C(=O)N2I.P.[IH2+]. The molecule has 37 heavy (non-hydrogen) atoms. The summed E-state index contributed by atoms with van der Waals surface area (Å²) in [7, 11) is 0. The summed E-state index contributed by atoms with van der Waals surface area (Å²) in [6, 6.07) is -0.432. The van der Waals surface area contributed by atoms with E-state index in [2.05, 4.69) is 5.32 Å². The Morgan fingerprint density at radius 3 is 1.22 bits per heavy atom. The molecule has 4 aliphatic rings. The molecule has 214 valence electrons. The van der Waals surface area contributed by atoms with E-state index >= 15 is 0 Å². The zero-order valence-corrected chi connectivity index (χ0v) is 37.1. The molecule has 3 atom stereocenters. The number of nitrogens with one attached hydrogen (secondary N) is 1. The van der Waals surface area contributed by atoms with E-state index in [0.717, 1.165) is 13.8 Å². The molecule has 4 heterocycles. The number of carboxylic acid groups (broad SMARTS) is 2. The predicted molar refractivity (Wildman–Crippen MR) is 189 cm³/mol. The third kappa shape index (κ3) is 10.2. The summed E-state index contributed by atoms with van der Waals surface area (Å²) in [6.07, 6.45) is -0.859. The number of carbonyl (C=O) groups excluding carboxylic acids is 5. The van der Waals surface area contributed by atoms with Gasteiger partial charge in [0.2, 0.25) is 24.0 Å². The summed E-state index contributed by atoms with van der Waals surface area (Å²) < 4.78 is 10.7. The van der Waals surface area contributed by atoms with Gasteiger partial charge in [-0.25, -0.2) is 41.0 Å². The highest BCUT2D eigenvalue weighted by molar-refractivity contribution is 14.1. The topological polar surface area (TPSA) is 180 Å². The minimum absolute atomic E-state index is 0. The number of fused-ring (bicyclic) bond motifs is 2. The van der Waals surface area contributed by atoms with E-state index in [1.807, 2.05) is 160 Å². The highest BCUT2D eigenvalue weighted by Crippen LogP contribution is 2.42. The first kappa shape index (κ1) is 41.4. The van der Waals surface area contributed by atoms with Gasteiger partial charge in [-0.05, 0) is 6.92 Å². The van der Waals surface area contributed by atoms with Crippen molar-refractivity contribution in [3.05, 3.63) is 0 Å². The van der Waals surface area contributed by atoms with Crippen LogP contribution in [-0.4, -0.2) is 87.6 Å². The van der Waals surface area contributed by atoms with Gasteiger partial charge in [-0.2, -0.15) is 9.90 Å². The highest BCUT2D eigenvalue weighted by Gasteiger charge is 2.58. The summed E-state index contributed by atoms with van der Waals surface area (Å²) in [4.78, 5) is 63.7. The molecule has 2 N–H and O–H groups in total. The summed E-state index contributed by atoms with van der Waals surface area (Å²) in [6.45, 7) is 2.06. The van der Waals surface area contributed by atoms with E-state index < -0.39 is 11.9 Å². The van der Waals surface area contributed by atoms with E-state index in [4.69, 9.17) is 19.8 Å². The number of halogens is 8. The van der Waals surface area contributed by atoms with Crippen molar-refractivity contribution in [1.82, 2.24) is 27.1 Å². The van der Waals surface area contributed by atoms with Crippen LogP contribution >= 0.6 is 170 Å². The van der Waals surface area contributed by atoms with Gasteiger partial charge >= 0.3 is 24.1 Å². The second-order valence-corrected chi connectivity index (χ2v) is 13.4. The number of hydrogen-bond donors (Lipinski definition) is 2. The monoisotopic (exact) mass is 1450 g/mol. The number of rotatable bonds is 0. The number of carbonyl (C=O) groups is 6. The number of carboxylic acids is 2. The van der Waals surface area contributed by atoms with Crippen LogP contribution in [0.5, 0.6) is 0 Å². The molecule has 0 aromatic carbocycles. The van der Waals surface area contributed by atoms with Crippen molar-refractivity contribution < 1.29 is 63.0 Å². The summed E-state index contributed by atoms with van der Waals surface area (Å²) in [5, 5.41) is 19.0. The molecule has 0 radical (unpaired) electrons. The lowest BCUT2D eigenvalue weighted by Crippen LogP contribution is -3.00. The molecule has 4 aliphatic heterocycles. The fraction of sp³-hybridized carbons (Fsp3) is 0.500. The van der Waals surface area contributed by atoms with Crippen molar-refractivity contribution in [2.45, 2.75) is 38.5 Å². The Hall–Kier alpha value is 2.29. The van der Waals surface area contributed by atoms with Gasteiger partial charge in [0.25, 0.3) is 5.97 Å². The molecule has 16 nitrogen and oxygen atoms in total. The molecule has 0 aromatic heterocycles. The molecule has 4 rings (SSSR count). The number of amides is 8. The van der Waals surface area contributed by atoms with E-state index in [9.17, 15) is 19.2 Å². The maximum Gasteiger partial charge on any atom is 0.341 e. The Morgan fingerprint density at radius 2 is 0.946 bits per heavy atom. The van der Waals surface area contributed by atoms with Crippen LogP contribution in [0.15, 0.2) is 0 Å². The first-order valence-electron chi connectivity index (χ1n) is 8.41. The zero-order chi connectivity index (χ0) is 27.5. The lowest BCUT2D eigenvalue weighted by atomic mass is 10.4. The average molecular weight is 1450 g/mol. The van der Waals surface area contributed by atoms with Crippen molar-refractivity contribution in [1.29, 1.82) is 0 Å². The molecular weight excluding hydrogens is 1430 g/mol. The van der Waals surface area contributed by atoms with Crippen LogP contribution in [0, 0.1) is 0 Å². The molecule has 0 saturated carbocycles. The number of nitrogens with zero attached hydrogens (tertiary/aromatic N) is 7. The van der Waals surface area contributed by atoms with Crippen LogP contribution in [-0.2, 0) is 9.59 Å². The number of hydrogen-bond acceptors (Lipinski definition) is 7. The van der Waals surface area contributed by atoms with Crippen molar-refractivity contribution in [3.63, 3.8) is 0 Å². The van der Waals surface area contributed by atoms with E-state index in [-0.39, 0.29) is 82.7 Å². The van der Waals surface area contributed by atoms with Gasteiger partial charge in [0, 0.05) is 12.9 Å². The Labute approximate surface area is 328 Å². The molecule has 3 unspecified atom stereocenters. The lowest BCUT2D eigenvalue weighted by molar-refractivity contribution is -0.302. The van der Waals surface area contributed by atoms with Crippen LogP contribution in [0.3, 0.4) is 0 Å². The normalized spacial score (nSPS) is 24.9. The van der Waals surface area contributed by atoms with Crippen LogP contribution in [0.25, 0.3) is 0 Å². The lowest BCUT2D eigenvalue weighted by Gasteiger charge is -2.17. The fourth-order valence-corrected chi connectivity index (χ4v) is 10.4.